The number of fused-ring (bicyclic) bond motifs is 1. The van der Waals surface area contributed by atoms with Gasteiger partial charge in [-0.15, -0.1) is 0 Å². The Labute approximate surface area is 143 Å². The molecule has 0 aliphatic carbocycles. The summed E-state index contributed by atoms with van der Waals surface area (Å²) in [4.78, 5) is 26.9. The van der Waals surface area contributed by atoms with Gasteiger partial charge in [-0.05, 0) is 52.2 Å². The summed E-state index contributed by atoms with van der Waals surface area (Å²) < 4.78 is 42.7. The predicted octanol–water partition coefficient (Wildman–Crippen LogP) is 2.25. The molecular weight excluding hydrogens is 339 g/mol. The molecule has 0 spiro atoms. The Morgan fingerprint density at radius 1 is 1.36 bits per heavy atom. The van der Waals surface area contributed by atoms with E-state index in [0.717, 1.165) is 6.54 Å². The number of ether oxygens (including phenoxy) is 1. The number of amides is 2. The van der Waals surface area contributed by atoms with E-state index in [9.17, 15) is 22.8 Å². The Kier molecular flexibility index (Phi) is 5.56. The average molecular weight is 359 g/mol. The summed E-state index contributed by atoms with van der Waals surface area (Å²) in [5.74, 6) is -1.95. The van der Waals surface area contributed by atoms with E-state index < -0.39 is 18.2 Å². The van der Waals surface area contributed by atoms with Crippen molar-refractivity contribution < 1.29 is 27.5 Å². The van der Waals surface area contributed by atoms with Crippen LogP contribution in [-0.2, 0) is 9.59 Å². The van der Waals surface area contributed by atoms with Crippen LogP contribution in [0.2, 0.25) is 0 Å². The first kappa shape index (κ1) is 19.0. The van der Waals surface area contributed by atoms with Gasteiger partial charge in [0.05, 0.1) is 5.69 Å². The number of rotatable bonds is 5. The van der Waals surface area contributed by atoms with Gasteiger partial charge in [-0.2, -0.15) is 13.2 Å². The van der Waals surface area contributed by atoms with Crippen molar-refractivity contribution in [1.82, 2.24) is 4.90 Å². The van der Waals surface area contributed by atoms with Crippen LogP contribution in [0.3, 0.4) is 0 Å². The predicted molar refractivity (Wildman–Crippen MR) is 86.7 cm³/mol. The highest BCUT2D eigenvalue weighted by atomic mass is 19.4. The molecule has 0 saturated carbocycles. The Hall–Kier alpha value is -2.29. The lowest BCUT2D eigenvalue weighted by Crippen LogP contribution is -2.45. The molecule has 0 bridgehead atoms. The molecule has 138 valence electrons. The number of carbonyl (C=O) groups excluding carboxylic acids is 2. The van der Waals surface area contributed by atoms with E-state index in [4.69, 9.17) is 4.74 Å². The minimum absolute atomic E-state index is 0.0513. The molecule has 1 aromatic rings. The van der Waals surface area contributed by atoms with Crippen LogP contribution in [0.5, 0.6) is 5.75 Å². The number of nitrogens with one attached hydrogen (secondary N) is 1. The second-order valence-electron chi connectivity index (χ2n) is 6.04. The molecule has 9 heteroatoms. The standard InChI is InChI=1S/C16H20F3N3O3/c1-10-14(23)22(8-4-7-21(2)3)12-9-11(5-6-13(12)25-10)20-15(24)16(17,18)19/h5-6,9-10H,4,7-8H2,1-3H3,(H,20,24). The van der Waals surface area contributed by atoms with Crippen LogP contribution < -0.4 is 15.0 Å². The third kappa shape index (κ3) is 4.62. The first-order valence-corrected chi connectivity index (χ1v) is 7.74. The van der Waals surface area contributed by atoms with Crippen molar-refractivity contribution in [2.75, 3.05) is 37.4 Å². The third-order valence-electron chi connectivity index (χ3n) is 3.67. The fourth-order valence-corrected chi connectivity index (χ4v) is 2.46. The van der Waals surface area contributed by atoms with Crippen LogP contribution in [0.1, 0.15) is 13.3 Å². The second-order valence-corrected chi connectivity index (χ2v) is 6.04. The van der Waals surface area contributed by atoms with Gasteiger partial charge in [0.1, 0.15) is 5.75 Å². The quantitative estimate of drug-likeness (QED) is 0.876. The summed E-state index contributed by atoms with van der Waals surface area (Å²) in [7, 11) is 3.81. The van der Waals surface area contributed by atoms with E-state index in [1.165, 1.54) is 23.1 Å². The minimum atomic E-state index is -4.98. The van der Waals surface area contributed by atoms with Crippen LogP contribution in [0, 0.1) is 0 Å². The number of hydrogen-bond acceptors (Lipinski definition) is 4. The van der Waals surface area contributed by atoms with Crippen molar-refractivity contribution in [1.29, 1.82) is 0 Å². The van der Waals surface area contributed by atoms with Crippen molar-refractivity contribution in [3.05, 3.63) is 18.2 Å². The molecule has 1 unspecified atom stereocenters. The third-order valence-corrected chi connectivity index (χ3v) is 3.67. The topological polar surface area (TPSA) is 61.9 Å². The van der Waals surface area contributed by atoms with E-state index in [2.05, 4.69) is 0 Å². The Bertz CT molecular complexity index is 662. The van der Waals surface area contributed by atoms with Crippen molar-refractivity contribution in [2.24, 2.45) is 0 Å². The summed E-state index contributed by atoms with van der Waals surface area (Å²) >= 11 is 0. The SMILES string of the molecule is CC1Oc2ccc(NC(=O)C(F)(F)F)cc2N(CCCN(C)C)C1=O. The summed E-state index contributed by atoms with van der Waals surface area (Å²) in [6.45, 7) is 2.76. The Balaban J connectivity index is 2.25. The molecule has 1 N–H and O–H groups in total. The van der Waals surface area contributed by atoms with Crippen LogP contribution in [0.25, 0.3) is 0 Å². The van der Waals surface area contributed by atoms with E-state index >= 15 is 0 Å². The molecule has 25 heavy (non-hydrogen) atoms. The van der Waals surface area contributed by atoms with Gasteiger partial charge in [-0.1, -0.05) is 0 Å². The van der Waals surface area contributed by atoms with Gasteiger partial charge >= 0.3 is 12.1 Å². The molecule has 0 radical (unpaired) electrons. The normalized spacial score (nSPS) is 17.3. The zero-order valence-electron chi connectivity index (χ0n) is 14.2. The molecule has 1 heterocycles. The Morgan fingerprint density at radius 2 is 2.04 bits per heavy atom. The molecule has 1 atom stereocenters. The van der Waals surface area contributed by atoms with Gasteiger partial charge < -0.3 is 19.9 Å². The fourth-order valence-electron chi connectivity index (χ4n) is 2.46. The molecule has 0 aromatic heterocycles. The fraction of sp³-hybridized carbons (Fsp3) is 0.500. The van der Waals surface area contributed by atoms with E-state index in [1.807, 2.05) is 19.0 Å². The number of alkyl halides is 3. The van der Waals surface area contributed by atoms with E-state index in [1.54, 1.807) is 12.2 Å². The summed E-state index contributed by atoms with van der Waals surface area (Å²) in [6.07, 6.45) is -4.98. The zero-order valence-corrected chi connectivity index (χ0v) is 14.2. The lowest BCUT2D eigenvalue weighted by molar-refractivity contribution is -0.167. The monoisotopic (exact) mass is 359 g/mol. The van der Waals surface area contributed by atoms with E-state index in [-0.39, 0.29) is 11.6 Å². The average Bonchev–Trinajstić information content (AvgIpc) is 2.50. The number of anilines is 2. The van der Waals surface area contributed by atoms with Crippen molar-refractivity contribution in [3.8, 4) is 5.75 Å². The summed E-state index contributed by atoms with van der Waals surface area (Å²) in [6, 6.07) is 4.07. The van der Waals surface area contributed by atoms with Crippen LogP contribution in [0.15, 0.2) is 18.2 Å². The zero-order chi connectivity index (χ0) is 18.8. The van der Waals surface area contributed by atoms with Crippen molar-refractivity contribution in [3.63, 3.8) is 0 Å². The number of nitrogens with zero attached hydrogens (tertiary/aromatic N) is 2. The lowest BCUT2D eigenvalue weighted by Gasteiger charge is -2.33. The number of hydrogen-bond donors (Lipinski definition) is 1. The van der Waals surface area contributed by atoms with Crippen LogP contribution in [-0.4, -0.2) is 56.2 Å². The highest BCUT2D eigenvalue weighted by Gasteiger charge is 2.39. The maximum absolute atomic E-state index is 12.4. The molecule has 1 aromatic carbocycles. The van der Waals surface area contributed by atoms with Gasteiger partial charge in [-0.25, -0.2) is 0 Å². The largest absolute Gasteiger partial charge is 0.479 e. The molecule has 2 rings (SSSR count). The Morgan fingerprint density at radius 3 is 2.64 bits per heavy atom. The number of halogens is 3. The summed E-state index contributed by atoms with van der Waals surface area (Å²) in [5, 5.41) is 1.79. The van der Waals surface area contributed by atoms with Gasteiger partial charge in [0.15, 0.2) is 6.10 Å². The van der Waals surface area contributed by atoms with E-state index in [0.29, 0.717) is 24.4 Å². The van der Waals surface area contributed by atoms with Gasteiger partial charge in [-0.3, -0.25) is 9.59 Å². The minimum Gasteiger partial charge on any atom is -0.479 e. The summed E-state index contributed by atoms with van der Waals surface area (Å²) in [5.41, 5.74) is 0.298. The first-order chi connectivity index (χ1) is 11.6. The first-order valence-electron chi connectivity index (χ1n) is 7.74. The molecular formula is C16H20F3N3O3. The van der Waals surface area contributed by atoms with Gasteiger partial charge in [0, 0.05) is 12.2 Å². The van der Waals surface area contributed by atoms with Crippen molar-refractivity contribution >= 4 is 23.2 Å². The molecule has 2 amide bonds. The second kappa shape index (κ2) is 7.30. The molecule has 0 fully saturated rings. The van der Waals surface area contributed by atoms with Crippen LogP contribution >= 0.6 is 0 Å². The van der Waals surface area contributed by atoms with Gasteiger partial charge in [0.25, 0.3) is 5.91 Å². The maximum Gasteiger partial charge on any atom is 0.471 e. The molecule has 1 aliphatic heterocycles. The molecule has 0 saturated heterocycles. The smallest absolute Gasteiger partial charge is 0.471 e. The van der Waals surface area contributed by atoms with Crippen LogP contribution in [0.4, 0.5) is 24.5 Å². The molecule has 1 aliphatic rings. The highest BCUT2D eigenvalue weighted by Crippen LogP contribution is 2.36. The number of benzene rings is 1. The lowest BCUT2D eigenvalue weighted by atomic mass is 10.1. The maximum atomic E-state index is 12.4. The highest BCUT2D eigenvalue weighted by molar-refractivity contribution is 6.01. The molecule has 6 nitrogen and oxygen atoms in total. The van der Waals surface area contributed by atoms with Crippen molar-refractivity contribution in [2.45, 2.75) is 25.6 Å². The van der Waals surface area contributed by atoms with Gasteiger partial charge in [0.2, 0.25) is 0 Å². The number of carbonyl (C=O) groups is 2.